The molecule has 11 heteroatoms. The van der Waals surface area contributed by atoms with Gasteiger partial charge in [0.2, 0.25) is 11.9 Å². The maximum absolute atomic E-state index is 11.4. The largest absolute Gasteiger partial charge is 0.494 e. The zero-order chi connectivity index (χ0) is 23.5. The number of benzene rings is 2. The molecule has 0 spiro atoms. The summed E-state index contributed by atoms with van der Waals surface area (Å²) in [5, 5.41) is 21.8. The molecule has 6 N–H and O–H groups in total. The van der Waals surface area contributed by atoms with Crippen molar-refractivity contribution in [2.45, 2.75) is 19.6 Å². The molecule has 0 aliphatic carbocycles. The molecule has 0 bridgehead atoms. The third kappa shape index (κ3) is 4.53. The third-order valence-corrected chi connectivity index (χ3v) is 5.09. The molecule has 2 aromatic carbocycles. The van der Waals surface area contributed by atoms with Crippen LogP contribution in [0.5, 0.6) is 5.75 Å². The molecule has 0 saturated carbocycles. The molecule has 4 rings (SSSR count). The number of anilines is 3. The Kier molecular flexibility index (Phi) is 6.05. The number of fused-ring (bicyclic) bond motifs is 2. The number of hydrogen-bond acceptors (Lipinski definition) is 10. The van der Waals surface area contributed by atoms with Crippen molar-refractivity contribution < 1.29 is 19.7 Å². The van der Waals surface area contributed by atoms with Gasteiger partial charge in [-0.25, -0.2) is 9.78 Å². The molecule has 0 radical (unpaired) electrons. The normalized spacial score (nSPS) is 12.1. The molecule has 11 nitrogen and oxygen atoms in total. The summed E-state index contributed by atoms with van der Waals surface area (Å²) in [6.07, 6.45) is -0.227. The molecule has 4 aromatic rings. The lowest BCUT2D eigenvalue weighted by Gasteiger charge is -2.26. The molecular formula is C22H23N7O4. The zero-order valence-electron chi connectivity index (χ0n) is 17.8. The van der Waals surface area contributed by atoms with Gasteiger partial charge in [-0.1, -0.05) is 30.3 Å². The monoisotopic (exact) mass is 449 g/mol. The van der Waals surface area contributed by atoms with E-state index in [2.05, 4.69) is 19.9 Å². The number of aliphatic carboxylic acids is 1. The van der Waals surface area contributed by atoms with Gasteiger partial charge >= 0.3 is 5.97 Å². The van der Waals surface area contributed by atoms with Gasteiger partial charge in [-0.3, -0.25) is 0 Å². The van der Waals surface area contributed by atoms with Crippen LogP contribution in [0, 0.1) is 0 Å². The first-order valence-electron chi connectivity index (χ1n) is 10.2. The predicted octanol–water partition coefficient (Wildman–Crippen LogP) is 1.59. The maximum atomic E-state index is 11.4. The quantitative estimate of drug-likeness (QED) is 0.307. The van der Waals surface area contributed by atoms with E-state index in [0.29, 0.717) is 17.7 Å². The van der Waals surface area contributed by atoms with E-state index in [1.165, 1.54) is 6.20 Å². The van der Waals surface area contributed by atoms with Crippen molar-refractivity contribution in [3.05, 3.63) is 48.2 Å². The summed E-state index contributed by atoms with van der Waals surface area (Å²) in [6, 6.07) is 11.6. The van der Waals surface area contributed by atoms with E-state index in [-0.39, 0.29) is 36.5 Å². The first-order chi connectivity index (χ1) is 15.9. The fourth-order valence-electron chi connectivity index (χ4n) is 3.56. The van der Waals surface area contributed by atoms with Gasteiger partial charge in [0.25, 0.3) is 0 Å². The Morgan fingerprint density at radius 2 is 1.91 bits per heavy atom. The number of nitrogens with two attached hydrogens (primary N) is 2. The number of ether oxygens (including phenoxy) is 1. The lowest BCUT2D eigenvalue weighted by atomic mass is 10.0. The number of aromatic nitrogens is 4. The van der Waals surface area contributed by atoms with Gasteiger partial charge in [-0.05, 0) is 23.8 Å². The molecule has 0 amide bonds. The van der Waals surface area contributed by atoms with Gasteiger partial charge in [0.05, 0.1) is 25.1 Å². The SMILES string of the molecule is CCOc1ccc2ccccc2c1CN(C[C@@H](O)C(=O)O)c1ncc2c(N)nc(N)nc2n1. The summed E-state index contributed by atoms with van der Waals surface area (Å²) in [5.74, 6) is -0.485. The second-order valence-electron chi connectivity index (χ2n) is 7.31. The molecule has 2 aromatic heterocycles. The predicted molar refractivity (Wildman–Crippen MR) is 124 cm³/mol. The first kappa shape index (κ1) is 22.0. The Bertz CT molecular complexity index is 1330. The summed E-state index contributed by atoms with van der Waals surface area (Å²) in [5.41, 5.74) is 12.6. The van der Waals surface area contributed by atoms with Crippen LogP contribution in [0.4, 0.5) is 17.7 Å². The van der Waals surface area contributed by atoms with E-state index in [0.717, 1.165) is 16.3 Å². The Balaban J connectivity index is 1.83. The third-order valence-electron chi connectivity index (χ3n) is 5.09. The second kappa shape index (κ2) is 9.09. The van der Waals surface area contributed by atoms with Gasteiger partial charge in [0, 0.05) is 11.8 Å². The lowest BCUT2D eigenvalue weighted by molar-refractivity contribution is -0.146. The number of carbonyl (C=O) groups is 1. The van der Waals surface area contributed by atoms with Crippen molar-refractivity contribution in [1.29, 1.82) is 0 Å². The number of nitrogens with zero attached hydrogens (tertiary/aromatic N) is 5. The van der Waals surface area contributed by atoms with E-state index in [4.69, 9.17) is 16.2 Å². The zero-order valence-corrected chi connectivity index (χ0v) is 17.8. The molecule has 33 heavy (non-hydrogen) atoms. The average molecular weight is 449 g/mol. The van der Waals surface area contributed by atoms with Gasteiger partial charge in [-0.15, -0.1) is 0 Å². The minimum Gasteiger partial charge on any atom is -0.494 e. The van der Waals surface area contributed by atoms with Gasteiger partial charge in [0.15, 0.2) is 11.8 Å². The number of aliphatic hydroxyl groups is 1. The molecule has 0 fully saturated rings. The minimum absolute atomic E-state index is 0.0468. The van der Waals surface area contributed by atoms with Crippen molar-refractivity contribution in [1.82, 2.24) is 19.9 Å². The summed E-state index contributed by atoms with van der Waals surface area (Å²) in [6.45, 7) is 2.23. The van der Waals surface area contributed by atoms with Crippen molar-refractivity contribution in [3.63, 3.8) is 0 Å². The molecule has 0 saturated heterocycles. The van der Waals surface area contributed by atoms with Gasteiger partial charge in [-0.2, -0.15) is 15.0 Å². The molecule has 0 unspecified atom stereocenters. The summed E-state index contributed by atoms with van der Waals surface area (Å²) < 4.78 is 5.84. The van der Waals surface area contributed by atoms with Crippen molar-refractivity contribution >= 4 is 45.5 Å². The Labute approximate surface area is 188 Å². The van der Waals surface area contributed by atoms with Crippen LogP contribution in [0.3, 0.4) is 0 Å². The average Bonchev–Trinajstić information content (AvgIpc) is 2.79. The number of rotatable bonds is 8. The Morgan fingerprint density at radius 1 is 1.12 bits per heavy atom. The van der Waals surface area contributed by atoms with Crippen LogP contribution in [0.15, 0.2) is 42.6 Å². The van der Waals surface area contributed by atoms with Crippen LogP contribution in [0.2, 0.25) is 0 Å². The fraction of sp³-hybridized carbons (Fsp3) is 0.227. The molecule has 2 heterocycles. The van der Waals surface area contributed by atoms with E-state index in [1.807, 2.05) is 43.3 Å². The van der Waals surface area contributed by atoms with Crippen molar-refractivity contribution in [2.24, 2.45) is 0 Å². The summed E-state index contributed by atoms with van der Waals surface area (Å²) in [7, 11) is 0. The standard InChI is InChI=1S/C22H23N7O4/c1-2-33-17-8-7-12-5-3-4-6-13(12)15(17)10-29(11-16(30)20(31)32)22-25-9-14-18(23)26-21(24)27-19(14)28-22/h3-9,16,30H,2,10-11H2,1H3,(H,31,32)(H4,23,24,25,26,27,28)/t16-/m1/s1. The number of nitrogen functional groups attached to an aromatic ring is 2. The van der Waals surface area contributed by atoms with E-state index < -0.39 is 12.1 Å². The minimum atomic E-state index is -1.67. The van der Waals surface area contributed by atoms with Crippen molar-refractivity contribution in [2.75, 3.05) is 29.5 Å². The number of carboxylic acids is 1. The van der Waals surface area contributed by atoms with Crippen molar-refractivity contribution in [3.8, 4) is 5.75 Å². The van der Waals surface area contributed by atoms with Crippen LogP contribution in [-0.4, -0.2) is 55.4 Å². The molecule has 1 atom stereocenters. The highest BCUT2D eigenvalue weighted by Gasteiger charge is 2.23. The molecule has 0 aliphatic heterocycles. The molecule has 0 aliphatic rings. The summed E-state index contributed by atoms with van der Waals surface area (Å²) >= 11 is 0. The molecular weight excluding hydrogens is 426 g/mol. The number of aliphatic hydroxyl groups excluding tert-OH is 1. The topological polar surface area (TPSA) is 174 Å². The first-order valence-corrected chi connectivity index (χ1v) is 10.2. The van der Waals surface area contributed by atoms with Gasteiger partial charge < -0.3 is 31.3 Å². The Hall–Kier alpha value is -4.25. The highest BCUT2D eigenvalue weighted by atomic mass is 16.5. The highest BCUT2D eigenvalue weighted by molar-refractivity contribution is 5.88. The van der Waals surface area contributed by atoms with E-state index in [1.54, 1.807) is 4.90 Å². The van der Waals surface area contributed by atoms with Crippen LogP contribution in [-0.2, 0) is 11.3 Å². The van der Waals surface area contributed by atoms with Crippen LogP contribution in [0.1, 0.15) is 12.5 Å². The van der Waals surface area contributed by atoms with Crippen LogP contribution in [0.25, 0.3) is 21.8 Å². The summed E-state index contributed by atoms with van der Waals surface area (Å²) in [4.78, 5) is 29.7. The van der Waals surface area contributed by atoms with Crippen LogP contribution < -0.4 is 21.1 Å². The van der Waals surface area contributed by atoms with Gasteiger partial charge in [0.1, 0.15) is 11.6 Å². The number of carboxylic acid groups (broad SMARTS) is 1. The second-order valence-corrected chi connectivity index (χ2v) is 7.31. The highest BCUT2D eigenvalue weighted by Crippen LogP contribution is 2.31. The molecule has 170 valence electrons. The Morgan fingerprint density at radius 3 is 2.67 bits per heavy atom. The van der Waals surface area contributed by atoms with E-state index >= 15 is 0 Å². The van der Waals surface area contributed by atoms with Crippen LogP contribution >= 0.6 is 0 Å². The van der Waals surface area contributed by atoms with E-state index in [9.17, 15) is 15.0 Å². The number of hydrogen-bond donors (Lipinski definition) is 4. The lowest BCUT2D eigenvalue weighted by Crippen LogP contribution is -2.37. The maximum Gasteiger partial charge on any atom is 0.334 e. The fourth-order valence-corrected chi connectivity index (χ4v) is 3.56. The smallest absolute Gasteiger partial charge is 0.334 e.